The van der Waals surface area contributed by atoms with Crippen molar-refractivity contribution in [1.82, 2.24) is 0 Å². The summed E-state index contributed by atoms with van der Waals surface area (Å²) in [6.07, 6.45) is 2.01. The molecule has 40 valence electrons. The Morgan fingerprint density at radius 2 is 2.50 bits per heavy atom. The largest absolute Gasteiger partial charge is 0.610 e. The van der Waals surface area contributed by atoms with Crippen molar-refractivity contribution >= 4 is 7.98 Å². The second-order valence-corrected chi connectivity index (χ2v) is 2.03. The molecule has 0 bridgehead atoms. The first-order chi connectivity index (χ1) is 3.70. The summed E-state index contributed by atoms with van der Waals surface area (Å²) in [6.45, 7) is 3.93. The van der Waals surface area contributed by atoms with Crippen LogP contribution in [0.2, 0.25) is 0 Å². The number of azo groups is 1. The number of allylic oxidation sites excluding steroid dienone is 1. The highest BCUT2D eigenvalue weighted by molar-refractivity contribution is 5.95. The summed E-state index contributed by atoms with van der Waals surface area (Å²) in [5.41, 5.74) is 1.00. The zero-order chi connectivity index (χ0) is 6.15. The Balaban J connectivity index is 2.78. The molecule has 8 heavy (non-hydrogen) atoms. The van der Waals surface area contributed by atoms with Crippen LogP contribution >= 0.6 is 0 Å². The maximum Gasteiger partial charge on any atom is 0.610 e. The fraction of sp³-hybridized carbons (Fsp3) is 0.600. The van der Waals surface area contributed by atoms with Gasteiger partial charge in [-0.15, -0.1) is 0 Å². The Morgan fingerprint density at radius 3 is 2.62 bits per heavy atom. The van der Waals surface area contributed by atoms with Crippen LogP contribution in [0.4, 0.5) is 0 Å². The van der Waals surface area contributed by atoms with Gasteiger partial charge >= 0.3 is 7.98 Å². The lowest BCUT2D eigenvalue weighted by molar-refractivity contribution is -0.466. The molecule has 0 aromatic carbocycles. The molecule has 0 spiro atoms. The van der Waals surface area contributed by atoms with Crippen LogP contribution in [-0.2, 0) is 0 Å². The van der Waals surface area contributed by atoms with E-state index >= 15 is 0 Å². The maximum atomic E-state index is 5.38. The third-order valence-corrected chi connectivity index (χ3v) is 1.17. The summed E-state index contributed by atoms with van der Waals surface area (Å²) in [7, 11) is 5.38. The summed E-state index contributed by atoms with van der Waals surface area (Å²) < 4.78 is 1.45. The SMILES string of the molecule is [B][N+]1=NC(C)=CC1C. The summed E-state index contributed by atoms with van der Waals surface area (Å²) in [5.74, 6) is 0. The average molecular weight is 107 g/mol. The number of hydrogen-bond acceptors (Lipinski definition) is 1. The van der Waals surface area contributed by atoms with Crippen molar-refractivity contribution < 1.29 is 4.61 Å². The van der Waals surface area contributed by atoms with Crippen molar-refractivity contribution in [2.75, 3.05) is 0 Å². The lowest BCUT2D eigenvalue weighted by atomic mass is 10.2. The Hall–Kier alpha value is -0.595. The van der Waals surface area contributed by atoms with E-state index in [0.29, 0.717) is 0 Å². The summed E-state index contributed by atoms with van der Waals surface area (Å²) in [5, 5.41) is 3.94. The normalized spacial score (nSPS) is 27.5. The minimum absolute atomic E-state index is 0.273. The van der Waals surface area contributed by atoms with Gasteiger partial charge in [-0.25, -0.2) is 0 Å². The fourth-order valence-electron chi connectivity index (χ4n) is 0.732. The van der Waals surface area contributed by atoms with Crippen molar-refractivity contribution in [3.63, 3.8) is 0 Å². The Labute approximate surface area is 50.3 Å². The van der Waals surface area contributed by atoms with E-state index in [0.717, 1.165) is 5.70 Å². The lowest BCUT2D eigenvalue weighted by Gasteiger charge is -1.88. The van der Waals surface area contributed by atoms with Gasteiger partial charge in [-0.3, -0.25) is 0 Å². The van der Waals surface area contributed by atoms with Gasteiger partial charge in [-0.05, 0) is 12.0 Å². The topological polar surface area (TPSA) is 15.4 Å². The zero-order valence-corrected chi connectivity index (χ0v) is 5.13. The molecule has 2 nitrogen and oxygen atoms in total. The molecule has 1 atom stereocenters. The molecule has 0 fully saturated rings. The van der Waals surface area contributed by atoms with E-state index in [4.69, 9.17) is 7.98 Å². The monoisotopic (exact) mass is 107 g/mol. The Morgan fingerprint density at radius 1 is 1.88 bits per heavy atom. The summed E-state index contributed by atoms with van der Waals surface area (Å²) in [4.78, 5) is 0. The van der Waals surface area contributed by atoms with Crippen LogP contribution in [0.3, 0.4) is 0 Å². The van der Waals surface area contributed by atoms with E-state index < -0.39 is 0 Å². The Kier molecular flexibility index (Phi) is 1.20. The number of hydrogen-bond donors (Lipinski definition) is 0. The van der Waals surface area contributed by atoms with Crippen LogP contribution in [0.1, 0.15) is 13.8 Å². The van der Waals surface area contributed by atoms with Gasteiger partial charge in [0, 0.05) is 13.0 Å². The van der Waals surface area contributed by atoms with Gasteiger partial charge in [-0.2, -0.15) is 4.61 Å². The van der Waals surface area contributed by atoms with Crippen molar-refractivity contribution in [3.8, 4) is 0 Å². The molecule has 1 heterocycles. The van der Waals surface area contributed by atoms with Crippen LogP contribution in [0.5, 0.6) is 0 Å². The molecule has 0 amide bonds. The lowest BCUT2D eigenvalue weighted by Crippen LogP contribution is -2.11. The van der Waals surface area contributed by atoms with Crippen LogP contribution in [-0.4, -0.2) is 18.6 Å². The Bertz CT molecular complexity index is 160. The molecule has 0 aromatic rings. The van der Waals surface area contributed by atoms with Gasteiger partial charge in [0.05, 0.1) is 0 Å². The van der Waals surface area contributed by atoms with Gasteiger partial charge in [0.15, 0.2) is 6.04 Å². The van der Waals surface area contributed by atoms with Gasteiger partial charge in [0.2, 0.25) is 0 Å². The molecule has 1 rings (SSSR count). The molecule has 1 unspecified atom stereocenters. The first-order valence-corrected chi connectivity index (χ1v) is 2.64. The highest BCUT2D eigenvalue weighted by Gasteiger charge is 2.15. The van der Waals surface area contributed by atoms with Crippen molar-refractivity contribution in [3.05, 3.63) is 11.8 Å². The molecular weight excluding hydrogens is 98.9 g/mol. The molecule has 0 N–H and O–H groups in total. The van der Waals surface area contributed by atoms with E-state index in [1.807, 2.05) is 19.9 Å². The van der Waals surface area contributed by atoms with Crippen molar-refractivity contribution in [2.45, 2.75) is 19.9 Å². The quantitative estimate of drug-likeness (QED) is 0.407. The first kappa shape index (κ1) is 5.54. The summed E-state index contributed by atoms with van der Waals surface area (Å²) in [6, 6.07) is 0.273. The highest BCUT2D eigenvalue weighted by Crippen LogP contribution is 2.07. The molecule has 1 aliphatic rings. The number of rotatable bonds is 0. The molecule has 0 aromatic heterocycles. The minimum atomic E-state index is 0.273. The smallest absolute Gasteiger partial charge is 0.198 e. The van der Waals surface area contributed by atoms with Gasteiger partial charge in [0.1, 0.15) is 5.70 Å². The van der Waals surface area contributed by atoms with Gasteiger partial charge < -0.3 is 0 Å². The highest BCUT2D eigenvalue weighted by atomic mass is 15.2. The molecular formula is C5H8BN2+. The molecule has 0 saturated carbocycles. The van der Waals surface area contributed by atoms with Gasteiger partial charge in [-0.1, -0.05) is 0 Å². The summed E-state index contributed by atoms with van der Waals surface area (Å²) >= 11 is 0. The predicted molar refractivity (Wildman–Crippen MR) is 31.7 cm³/mol. The fourth-order valence-corrected chi connectivity index (χ4v) is 0.732. The predicted octanol–water partition coefficient (Wildman–Crippen LogP) is 0.840. The van der Waals surface area contributed by atoms with E-state index in [1.165, 1.54) is 4.61 Å². The van der Waals surface area contributed by atoms with E-state index in [9.17, 15) is 0 Å². The first-order valence-electron chi connectivity index (χ1n) is 2.64. The van der Waals surface area contributed by atoms with Crippen molar-refractivity contribution in [2.24, 2.45) is 5.11 Å². The third-order valence-electron chi connectivity index (χ3n) is 1.17. The van der Waals surface area contributed by atoms with Crippen molar-refractivity contribution in [1.29, 1.82) is 0 Å². The standard InChI is InChI=1S/C5H8BN2/c1-4-3-5(2)8(6)7-4/h3,5H,1-2H3/q+1. The van der Waals surface area contributed by atoms with Crippen LogP contribution < -0.4 is 0 Å². The van der Waals surface area contributed by atoms with E-state index in [-0.39, 0.29) is 6.04 Å². The molecule has 3 heteroatoms. The average Bonchev–Trinajstić information content (AvgIpc) is 1.85. The second kappa shape index (κ2) is 1.73. The van der Waals surface area contributed by atoms with Crippen LogP contribution in [0, 0.1) is 0 Å². The zero-order valence-electron chi connectivity index (χ0n) is 5.13. The number of nitrogens with zero attached hydrogens (tertiary/aromatic N) is 2. The van der Waals surface area contributed by atoms with Crippen LogP contribution in [0.25, 0.3) is 0 Å². The van der Waals surface area contributed by atoms with E-state index in [2.05, 4.69) is 5.11 Å². The molecule has 1 aliphatic heterocycles. The molecule has 0 saturated heterocycles. The molecule has 0 aliphatic carbocycles. The minimum Gasteiger partial charge on any atom is -0.198 e. The maximum absolute atomic E-state index is 5.38. The van der Waals surface area contributed by atoms with E-state index in [1.54, 1.807) is 0 Å². The van der Waals surface area contributed by atoms with Crippen LogP contribution in [0.15, 0.2) is 16.9 Å². The van der Waals surface area contributed by atoms with Gasteiger partial charge in [0.25, 0.3) is 0 Å². The third kappa shape index (κ3) is 0.806. The molecule has 2 radical (unpaired) electrons. The second-order valence-electron chi connectivity index (χ2n) is 2.03.